The van der Waals surface area contributed by atoms with Crippen LogP contribution in [0.3, 0.4) is 0 Å². The Kier molecular flexibility index (Phi) is 6.61. The fourth-order valence-electron chi connectivity index (χ4n) is 0.289. The van der Waals surface area contributed by atoms with Crippen molar-refractivity contribution in [3.63, 3.8) is 0 Å². The first kappa shape index (κ1) is 17.0. The molecule has 0 atom stereocenters. The number of nitrogens with two attached hydrogens (primary N) is 2. The van der Waals surface area contributed by atoms with Crippen LogP contribution in [0.15, 0.2) is 0 Å². The van der Waals surface area contributed by atoms with Crippen molar-refractivity contribution in [3.8, 4) is 0 Å². The van der Waals surface area contributed by atoms with Gasteiger partial charge in [-0.05, 0) is 0 Å². The molecule has 6 N–H and O–H groups in total. The normalized spacial score (nSPS) is 11.4. The van der Waals surface area contributed by atoms with Gasteiger partial charge < -0.3 is 15.9 Å². The van der Waals surface area contributed by atoms with Crippen LogP contribution < -0.4 is 11.5 Å². The quantitative estimate of drug-likeness (QED) is 0.400. The summed E-state index contributed by atoms with van der Waals surface area (Å²) in [5, 5.41) is 15.3. The monoisotopic (exact) mass is 250 g/mol. The molecule has 16 heavy (non-hydrogen) atoms. The van der Waals surface area contributed by atoms with Crippen molar-refractivity contribution in [2.24, 2.45) is 11.5 Å². The maximum absolute atomic E-state index is 11.6. The van der Waals surface area contributed by atoms with Gasteiger partial charge in [0.15, 0.2) is 0 Å². The predicted octanol–water partition coefficient (Wildman–Crippen LogP) is -0.322. The van der Waals surface area contributed by atoms with Crippen LogP contribution in [0.5, 0.6) is 0 Å². The van der Waals surface area contributed by atoms with E-state index in [1.165, 1.54) is 0 Å². The number of halogens is 4. The van der Waals surface area contributed by atoms with Crippen molar-refractivity contribution in [1.29, 1.82) is 0 Å². The topological polar surface area (TPSA) is 127 Å². The minimum absolute atomic E-state index is 1.15. The van der Waals surface area contributed by atoms with Crippen LogP contribution in [0.25, 0.3) is 0 Å². The molecule has 0 saturated carbocycles. The van der Waals surface area contributed by atoms with Crippen LogP contribution in [0.2, 0.25) is 0 Å². The molecule has 0 radical (unpaired) electrons. The van der Waals surface area contributed by atoms with Gasteiger partial charge in [-0.2, -0.15) is 17.6 Å². The van der Waals surface area contributed by atoms with Crippen molar-refractivity contribution in [2.75, 3.05) is 6.54 Å². The molecule has 0 aliphatic carbocycles. The summed E-state index contributed by atoms with van der Waals surface area (Å²) in [4.78, 5) is 18.9. The van der Waals surface area contributed by atoms with E-state index in [1.54, 1.807) is 0 Å². The molecule has 10 heteroatoms. The van der Waals surface area contributed by atoms with Gasteiger partial charge in [0.1, 0.15) is 6.42 Å². The average Bonchev–Trinajstić information content (AvgIpc) is 2.00. The van der Waals surface area contributed by atoms with Crippen molar-refractivity contribution in [1.82, 2.24) is 0 Å². The van der Waals surface area contributed by atoms with Gasteiger partial charge in [0.2, 0.25) is 0 Å². The average molecular weight is 250 g/mol. The number of aliphatic carboxylic acids is 2. The second kappa shape index (κ2) is 6.23. The Labute approximate surface area is 86.8 Å². The molecule has 0 aromatic rings. The summed E-state index contributed by atoms with van der Waals surface area (Å²) in [6.07, 6.45) is -1.31. The summed E-state index contributed by atoms with van der Waals surface area (Å²) in [5.41, 5.74) is 8.40. The summed E-state index contributed by atoms with van der Waals surface area (Å²) in [5.74, 6) is -7.54. The van der Waals surface area contributed by atoms with Gasteiger partial charge in [0.05, 0.1) is 6.54 Å². The highest BCUT2D eigenvalue weighted by molar-refractivity contribution is 5.75. The fourth-order valence-corrected chi connectivity index (χ4v) is 0.289. The van der Waals surface area contributed by atoms with Crippen molar-refractivity contribution >= 4 is 11.9 Å². The SMILES string of the molecule is NC(F)(F)CC(=O)O.NCC(F)(F)C(=O)O. The third-order valence-electron chi connectivity index (χ3n) is 0.956. The molecule has 0 bridgehead atoms. The number of hydrogen-bond donors (Lipinski definition) is 4. The fraction of sp³-hybridized carbons (Fsp3) is 0.667. The predicted molar refractivity (Wildman–Crippen MR) is 43.0 cm³/mol. The number of hydrogen-bond acceptors (Lipinski definition) is 4. The Balaban J connectivity index is 0. The molecular weight excluding hydrogens is 240 g/mol. The van der Waals surface area contributed by atoms with Crippen LogP contribution in [-0.4, -0.2) is 40.7 Å². The number of alkyl halides is 4. The van der Waals surface area contributed by atoms with Gasteiger partial charge in [-0.25, -0.2) is 4.79 Å². The second-order valence-electron chi connectivity index (χ2n) is 2.55. The Bertz CT molecular complexity index is 253. The molecule has 0 aromatic carbocycles. The van der Waals surface area contributed by atoms with Gasteiger partial charge >= 0.3 is 23.9 Å². The van der Waals surface area contributed by atoms with E-state index < -0.39 is 36.9 Å². The van der Waals surface area contributed by atoms with E-state index in [9.17, 15) is 27.2 Å². The minimum atomic E-state index is -3.76. The Morgan fingerprint density at radius 1 is 1.12 bits per heavy atom. The summed E-state index contributed by atoms with van der Waals surface area (Å²) in [6, 6.07) is -3.58. The van der Waals surface area contributed by atoms with Gasteiger partial charge in [0, 0.05) is 0 Å². The zero-order valence-electron chi connectivity index (χ0n) is 7.79. The first-order valence-corrected chi connectivity index (χ1v) is 3.62. The van der Waals surface area contributed by atoms with Crippen LogP contribution >= 0.6 is 0 Å². The number of rotatable bonds is 4. The third kappa shape index (κ3) is 10.7. The van der Waals surface area contributed by atoms with Gasteiger partial charge in [-0.3, -0.25) is 10.5 Å². The van der Waals surface area contributed by atoms with Crippen LogP contribution in [0.4, 0.5) is 17.6 Å². The molecule has 0 saturated heterocycles. The van der Waals surface area contributed by atoms with E-state index in [1.807, 2.05) is 0 Å². The maximum Gasteiger partial charge on any atom is 0.375 e. The largest absolute Gasteiger partial charge is 0.481 e. The number of carbonyl (C=O) groups is 2. The lowest BCUT2D eigenvalue weighted by Gasteiger charge is -2.04. The zero-order chi connectivity index (χ0) is 13.6. The van der Waals surface area contributed by atoms with Crippen LogP contribution in [-0.2, 0) is 9.59 Å². The van der Waals surface area contributed by atoms with E-state index in [2.05, 4.69) is 11.5 Å². The molecule has 0 fully saturated rings. The first-order valence-electron chi connectivity index (χ1n) is 3.62. The molecular formula is C6H10F4N2O4. The van der Waals surface area contributed by atoms with Crippen molar-refractivity contribution in [3.05, 3.63) is 0 Å². The smallest absolute Gasteiger partial charge is 0.375 e. The lowest BCUT2D eigenvalue weighted by molar-refractivity contribution is -0.163. The van der Waals surface area contributed by atoms with Crippen LogP contribution in [0.1, 0.15) is 6.42 Å². The Morgan fingerprint density at radius 2 is 1.50 bits per heavy atom. The zero-order valence-corrected chi connectivity index (χ0v) is 7.79. The number of carboxylic acid groups (broad SMARTS) is 2. The molecule has 0 heterocycles. The summed E-state index contributed by atoms with van der Waals surface area (Å²) in [6.45, 7) is -1.15. The number of carboxylic acids is 2. The molecule has 0 amide bonds. The van der Waals surface area contributed by atoms with Gasteiger partial charge in [0.25, 0.3) is 0 Å². The molecule has 6 nitrogen and oxygen atoms in total. The highest BCUT2D eigenvalue weighted by Gasteiger charge is 2.36. The lowest BCUT2D eigenvalue weighted by atomic mass is 10.3. The van der Waals surface area contributed by atoms with E-state index in [4.69, 9.17) is 10.2 Å². The highest BCUT2D eigenvalue weighted by Crippen LogP contribution is 2.09. The van der Waals surface area contributed by atoms with E-state index in [-0.39, 0.29) is 0 Å². The van der Waals surface area contributed by atoms with Gasteiger partial charge in [-0.1, -0.05) is 0 Å². The molecule has 96 valence electrons. The van der Waals surface area contributed by atoms with Crippen molar-refractivity contribution < 1.29 is 37.4 Å². The molecule has 0 aromatic heterocycles. The second-order valence-corrected chi connectivity index (χ2v) is 2.55. The third-order valence-corrected chi connectivity index (χ3v) is 0.956. The Hall–Kier alpha value is -1.42. The standard InChI is InChI=1S/2C3H5F2NO2/c4-3(5,1-6)2(7)8;4-3(5,6)1-2(7)8/h2*1,6H2,(H,7,8). The van der Waals surface area contributed by atoms with Crippen molar-refractivity contribution in [2.45, 2.75) is 18.4 Å². The first-order chi connectivity index (χ1) is 6.92. The minimum Gasteiger partial charge on any atom is -0.481 e. The maximum atomic E-state index is 11.6. The van der Waals surface area contributed by atoms with E-state index in [0.717, 1.165) is 0 Å². The molecule has 0 rings (SSSR count). The van der Waals surface area contributed by atoms with E-state index in [0.29, 0.717) is 0 Å². The highest BCUT2D eigenvalue weighted by atomic mass is 19.3. The van der Waals surface area contributed by atoms with E-state index >= 15 is 0 Å². The molecule has 0 aliphatic heterocycles. The summed E-state index contributed by atoms with van der Waals surface area (Å²) in [7, 11) is 0. The lowest BCUT2D eigenvalue weighted by Crippen LogP contribution is -2.36. The Morgan fingerprint density at radius 3 is 1.50 bits per heavy atom. The molecule has 0 aliphatic rings. The molecule has 0 spiro atoms. The van der Waals surface area contributed by atoms with Gasteiger partial charge in [-0.15, -0.1) is 0 Å². The summed E-state index contributed by atoms with van der Waals surface area (Å²) >= 11 is 0. The van der Waals surface area contributed by atoms with Crippen LogP contribution in [0, 0.1) is 0 Å². The molecule has 0 unspecified atom stereocenters. The summed E-state index contributed by atoms with van der Waals surface area (Å²) < 4.78 is 45.8.